The Kier molecular flexibility index (Phi) is 2.18. The zero-order valence-electron chi connectivity index (χ0n) is 7.68. The van der Waals surface area contributed by atoms with Crippen molar-refractivity contribution in [1.29, 1.82) is 0 Å². The molecule has 2 fully saturated rings. The van der Waals surface area contributed by atoms with E-state index in [2.05, 4.69) is 5.32 Å². The van der Waals surface area contributed by atoms with E-state index in [1.807, 2.05) is 6.92 Å². The van der Waals surface area contributed by atoms with Crippen LogP contribution in [-0.2, 0) is 4.79 Å². The number of carbonyl (C=O) groups excluding carboxylic acids is 1. The predicted molar refractivity (Wildman–Crippen MR) is 48.0 cm³/mol. The average molecular weight is 167 g/mol. The van der Waals surface area contributed by atoms with Gasteiger partial charge in [0.05, 0.1) is 6.04 Å². The molecule has 3 unspecified atom stereocenters. The Morgan fingerprint density at radius 1 is 1.50 bits per heavy atom. The van der Waals surface area contributed by atoms with E-state index < -0.39 is 0 Å². The summed E-state index contributed by atoms with van der Waals surface area (Å²) in [6.45, 7) is 1.96. The maximum Gasteiger partial charge on any atom is 0.149 e. The van der Waals surface area contributed by atoms with Crippen molar-refractivity contribution >= 4 is 5.78 Å². The van der Waals surface area contributed by atoms with E-state index in [1.165, 1.54) is 19.3 Å². The monoisotopic (exact) mass is 167 g/mol. The first-order chi connectivity index (χ1) is 5.81. The molecule has 0 amide bonds. The summed E-state index contributed by atoms with van der Waals surface area (Å²) in [6, 6.07) is 0.871. The minimum Gasteiger partial charge on any atom is -0.304 e. The highest BCUT2D eigenvalue weighted by Crippen LogP contribution is 2.34. The Labute approximate surface area is 73.7 Å². The fourth-order valence-corrected chi connectivity index (χ4v) is 2.64. The van der Waals surface area contributed by atoms with Crippen LogP contribution in [0.2, 0.25) is 0 Å². The number of rotatable bonds is 2. The van der Waals surface area contributed by atoms with Crippen LogP contribution >= 0.6 is 0 Å². The second-order valence-electron chi connectivity index (χ2n) is 4.07. The van der Waals surface area contributed by atoms with Crippen molar-refractivity contribution in [2.75, 3.05) is 0 Å². The highest BCUT2D eigenvalue weighted by molar-refractivity contribution is 5.84. The number of Topliss-reactive ketones (excluding diaryl/α,β-unsaturated/α-hetero) is 1. The molecule has 1 aliphatic heterocycles. The molecule has 2 nitrogen and oxygen atoms in total. The number of carbonyl (C=O) groups is 1. The van der Waals surface area contributed by atoms with Crippen molar-refractivity contribution in [1.82, 2.24) is 5.32 Å². The quantitative estimate of drug-likeness (QED) is 0.675. The predicted octanol–water partition coefficient (Wildman–Crippen LogP) is 1.50. The molecule has 1 saturated carbocycles. The Morgan fingerprint density at radius 3 is 3.00 bits per heavy atom. The van der Waals surface area contributed by atoms with Gasteiger partial charge >= 0.3 is 0 Å². The number of hydrogen-bond acceptors (Lipinski definition) is 2. The van der Waals surface area contributed by atoms with Crippen molar-refractivity contribution in [3.8, 4) is 0 Å². The van der Waals surface area contributed by atoms with Crippen LogP contribution in [0.5, 0.6) is 0 Å². The van der Waals surface area contributed by atoms with Gasteiger partial charge in [0.2, 0.25) is 0 Å². The van der Waals surface area contributed by atoms with E-state index in [4.69, 9.17) is 0 Å². The van der Waals surface area contributed by atoms with E-state index in [0.29, 0.717) is 18.2 Å². The third kappa shape index (κ3) is 1.28. The van der Waals surface area contributed by atoms with Gasteiger partial charge in [0.1, 0.15) is 5.78 Å². The topological polar surface area (TPSA) is 29.1 Å². The second-order valence-corrected chi connectivity index (χ2v) is 4.07. The van der Waals surface area contributed by atoms with E-state index in [-0.39, 0.29) is 6.04 Å². The molecule has 1 aliphatic carbocycles. The maximum absolute atomic E-state index is 11.4. The standard InChI is InChI=1S/C10H17NO/c1-2-10(12)9-6-7-4-3-5-8(7)11-9/h7-9,11H,2-6H2,1H3. The molecule has 0 aromatic carbocycles. The molecule has 0 bridgehead atoms. The van der Waals surface area contributed by atoms with E-state index in [9.17, 15) is 4.79 Å². The van der Waals surface area contributed by atoms with Crippen molar-refractivity contribution in [3.05, 3.63) is 0 Å². The number of nitrogens with one attached hydrogen (secondary N) is 1. The Hall–Kier alpha value is -0.370. The lowest BCUT2D eigenvalue weighted by molar-refractivity contribution is -0.120. The summed E-state index contributed by atoms with van der Waals surface area (Å²) in [7, 11) is 0. The van der Waals surface area contributed by atoms with E-state index in [1.54, 1.807) is 0 Å². The zero-order chi connectivity index (χ0) is 8.55. The Bertz CT molecular complexity index is 178. The summed E-state index contributed by atoms with van der Waals surface area (Å²) >= 11 is 0. The summed E-state index contributed by atoms with van der Waals surface area (Å²) in [5, 5.41) is 3.45. The largest absolute Gasteiger partial charge is 0.304 e. The SMILES string of the molecule is CCC(=O)C1CC2CCCC2N1. The highest BCUT2D eigenvalue weighted by Gasteiger charge is 2.38. The number of fused-ring (bicyclic) bond motifs is 1. The molecule has 12 heavy (non-hydrogen) atoms. The van der Waals surface area contributed by atoms with E-state index in [0.717, 1.165) is 12.3 Å². The fraction of sp³-hybridized carbons (Fsp3) is 0.900. The van der Waals surface area contributed by atoms with Crippen LogP contribution in [0, 0.1) is 5.92 Å². The molecule has 1 saturated heterocycles. The highest BCUT2D eigenvalue weighted by atomic mass is 16.1. The van der Waals surface area contributed by atoms with E-state index >= 15 is 0 Å². The Morgan fingerprint density at radius 2 is 2.33 bits per heavy atom. The van der Waals surface area contributed by atoms with Crippen LogP contribution in [0.15, 0.2) is 0 Å². The number of hydrogen-bond donors (Lipinski definition) is 1. The summed E-state index contributed by atoms with van der Waals surface area (Å²) in [4.78, 5) is 11.4. The summed E-state index contributed by atoms with van der Waals surface area (Å²) in [5.74, 6) is 1.22. The van der Waals surface area contributed by atoms with Gasteiger partial charge in [0.25, 0.3) is 0 Å². The van der Waals surface area contributed by atoms with Crippen molar-refractivity contribution in [2.45, 2.75) is 51.1 Å². The first-order valence-corrected chi connectivity index (χ1v) is 5.10. The lowest BCUT2D eigenvalue weighted by Gasteiger charge is -2.09. The molecule has 0 radical (unpaired) electrons. The van der Waals surface area contributed by atoms with Crippen LogP contribution in [0.3, 0.4) is 0 Å². The molecular weight excluding hydrogens is 150 g/mol. The number of ketones is 1. The van der Waals surface area contributed by atoms with Crippen LogP contribution in [0.4, 0.5) is 0 Å². The molecular formula is C10H17NO. The van der Waals surface area contributed by atoms with Gasteiger partial charge in [-0.1, -0.05) is 13.3 Å². The lowest BCUT2D eigenvalue weighted by atomic mass is 9.99. The zero-order valence-corrected chi connectivity index (χ0v) is 7.68. The minimum absolute atomic E-state index is 0.199. The maximum atomic E-state index is 11.4. The third-order valence-electron chi connectivity index (χ3n) is 3.35. The third-order valence-corrected chi connectivity index (χ3v) is 3.35. The van der Waals surface area contributed by atoms with Crippen molar-refractivity contribution < 1.29 is 4.79 Å². The molecule has 2 aliphatic rings. The molecule has 0 aromatic rings. The van der Waals surface area contributed by atoms with Crippen LogP contribution in [0.1, 0.15) is 39.0 Å². The fourth-order valence-electron chi connectivity index (χ4n) is 2.64. The molecule has 1 N–H and O–H groups in total. The van der Waals surface area contributed by atoms with Crippen molar-refractivity contribution in [3.63, 3.8) is 0 Å². The molecule has 3 atom stereocenters. The van der Waals surface area contributed by atoms with Crippen molar-refractivity contribution in [2.24, 2.45) is 5.92 Å². The van der Waals surface area contributed by atoms with Crippen LogP contribution < -0.4 is 5.32 Å². The lowest BCUT2D eigenvalue weighted by Crippen LogP contribution is -2.34. The second kappa shape index (κ2) is 3.17. The molecule has 68 valence electrons. The van der Waals surface area contributed by atoms with Crippen LogP contribution in [-0.4, -0.2) is 17.9 Å². The van der Waals surface area contributed by atoms with Gasteiger partial charge in [-0.15, -0.1) is 0 Å². The van der Waals surface area contributed by atoms with Gasteiger partial charge in [-0.25, -0.2) is 0 Å². The summed E-state index contributed by atoms with van der Waals surface area (Å²) in [5.41, 5.74) is 0. The van der Waals surface area contributed by atoms with Gasteiger partial charge < -0.3 is 5.32 Å². The van der Waals surface area contributed by atoms with Crippen LogP contribution in [0.25, 0.3) is 0 Å². The van der Waals surface area contributed by atoms with Gasteiger partial charge in [0.15, 0.2) is 0 Å². The molecule has 1 heterocycles. The molecule has 2 heteroatoms. The summed E-state index contributed by atoms with van der Waals surface area (Å²) < 4.78 is 0. The van der Waals surface area contributed by atoms with Gasteiger partial charge in [-0.3, -0.25) is 4.79 Å². The first kappa shape index (κ1) is 8.24. The molecule has 0 spiro atoms. The minimum atomic E-state index is 0.199. The normalized spacial score (nSPS) is 39.9. The van der Waals surface area contributed by atoms with Gasteiger partial charge in [-0.05, 0) is 25.2 Å². The first-order valence-electron chi connectivity index (χ1n) is 5.10. The smallest absolute Gasteiger partial charge is 0.149 e. The molecule has 2 rings (SSSR count). The Balaban J connectivity index is 1.94. The van der Waals surface area contributed by atoms with Gasteiger partial charge in [0, 0.05) is 12.5 Å². The van der Waals surface area contributed by atoms with Gasteiger partial charge in [-0.2, -0.15) is 0 Å². The molecule has 0 aromatic heterocycles. The average Bonchev–Trinajstić information content (AvgIpc) is 2.60. The summed E-state index contributed by atoms with van der Waals surface area (Å²) in [6.07, 6.45) is 5.78.